The summed E-state index contributed by atoms with van der Waals surface area (Å²) < 4.78 is 14.1. The number of imide groups is 1. The van der Waals surface area contributed by atoms with Crippen molar-refractivity contribution in [2.24, 2.45) is 17.8 Å². The number of aromatic nitrogens is 1. The molecular formula is C38H42FN3O6. The molecule has 4 N–H and O–H groups in total. The van der Waals surface area contributed by atoms with Gasteiger partial charge in [0.1, 0.15) is 0 Å². The van der Waals surface area contributed by atoms with Crippen LogP contribution in [0.2, 0.25) is 0 Å². The summed E-state index contributed by atoms with van der Waals surface area (Å²) in [5.41, 5.74) is 3.94. The van der Waals surface area contributed by atoms with Gasteiger partial charge in [-0.2, -0.15) is 0 Å². The Hall–Kier alpha value is -4.22. The standard InChI is InChI=1S/C38H42FN3O6/c39-31-19-25(9-11-33(31)45)18-26(32-8-4-5-15-40-32)10-12-34(46)35-27(22-43)20-29-36(30(35)23-44)38(48)42(37(29)47)28-13-16-41(17-14-28)21-24-6-2-1-3-7-24/h1-9,11,15,18-19,28-30,34,36,43-46H,10,12-14,16-17,20-23H2/b26-18-/t29-,30+,34-,36-/m1/s1. The van der Waals surface area contributed by atoms with Gasteiger partial charge >= 0.3 is 0 Å². The third-order valence-corrected chi connectivity index (χ3v) is 10.1. The Morgan fingerprint density at radius 2 is 1.75 bits per heavy atom. The van der Waals surface area contributed by atoms with Gasteiger partial charge in [-0.05, 0) is 90.3 Å². The van der Waals surface area contributed by atoms with Gasteiger partial charge in [0.25, 0.3) is 0 Å². The number of rotatable bonds is 11. The molecule has 48 heavy (non-hydrogen) atoms. The van der Waals surface area contributed by atoms with E-state index >= 15 is 0 Å². The molecule has 1 aromatic heterocycles. The number of pyridine rings is 1. The minimum atomic E-state index is -1.12. The van der Waals surface area contributed by atoms with Crippen molar-refractivity contribution in [3.8, 4) is 5.75 Å². The zero-order chi connectivity index (χ0) is 33.8. The molecule has 6 rings (SSSR count). The monoisotopic (exact) mass is 655 g/mol. The molecular weight excluding hydrogens is 613 g/mol. The third kappa shape index (κ3) is 6.98. The normalized spacial score (nSPS) is 23.1. The first kappa shape index (κ1) is 33.7. The predicted octanol–water partition coefficient (Wildman–Crippen LogP) is 4.17. The number of aliphatic hydroxyl groups excluding tert-OH is 3. The molecule has 0 radical (unpaired) electrons. The average Bonchev–Trinajstić information content (AvgIpc) is 3.36. The average molecular weight is 656 g/mol. The van der Waals surface area contributed by atoms with Gasteiger partial charge in [0.2, 0.25) is 11.8 Å². The zero-order valence-electron chi connectivity index (χ0n) is 26.8. The van der Waals surface area contributed by atoms with Gasteiger partial charge in [-0.25, -0.2) is 4.39 Å². The molecule has 0 bridgehead atoms. The predicted molar refractivity (Wildman–Crippen MR) is 178 cm³/mol. The van der Waals surface area contributed by atoms with Crippen LogP contribution in [-0.2, 0) is 16.1 Å². The lowest BCUT2D eigenvalue weighted by molar-refractivity contribution is -0.144. The zero-order valence-corrected chi connectivity index (χ0v) is 26.8. The van der Waals surface area contributed by atoms with E-state index < -0.39 is 48.6 Å². The van der Waals surface area contributed by atoms with Gasteiger partial charge in [-0.3, -0.25) is 24.4 Å². The molecule has 1 aliphatic carbocycles. The Bertz CT molecular complexity index is 1670. The van der Waals surface area contributed by atoms with Crippen molar-refractivity contribution >= 4 is 23.5 Å². The molecule has 0 spiro atoms. The van der Waals surface area contributed by atoms with Gasteiger partial charge in [-0.1, -0.05) is 42.5 Å². The van der Waals surface area contributed by atoms with E-state index in [1.807, 2.05) is 24.3 Å². The summed E-state index contributed by atoms with van der Waals surface area (Å²) in [6, 6.07) is 19.4. The topological polar surface area (TPSA) is 134 Å². The molecule has 9 nitrogen and oxygen atoms in total. The van der Waals surface area contributed by atoms with Gasteiger partial charge in [-0.15, -0.1) is 0 Å². The van der Waals surface area contributed by atoms with E-state index in [2.05, 4.69) is 22.0 Å². The van der Waals surface area contributed by atoms with Crippen molar-refractivity contribution in [3.63, 3.8) is 0 Å². The number of allylic oxidation sites excluding steroid dienone is 1. The quantitative estimate of drug-likeness (QED) is 0.179. The van der Waals surface area contributed by atoms with Crippen LogP contribution in [0.25, 0.3) is 11.6 Å². The van der Waals surface area contributed by atoms with Gasteiger partial charge in [0.05, 0.1) is 36.8 Å². The maximum atomic E-state index is 14.1. The first-order valence-corrected chi connectivity index (χ1v) is 16.6. The molecule has 10 heteroatoms. The fourth-order valence-corrected chi connectivity index (χ4v) is 7.76. The van der Waals surface area contributed by atoms with Crippen molar-refractivity contribution in [1.29, 1.82) is 0 Å². The lowest BCUT2D eigenvalue weighted by Gasteiger charge is -2.36. The molecule has 252 valence electrons. The van der Waals surface area contributed by atoms with Crippen LogP contribution in [0.1, 0.15) is 48.9 Å². The summed E-state index contributed by atoms with van der Waals surface area (Å²) in [7, 11) is 0. The van der Waals surface area contributed by atoms with Crippen molar-refractivity contribution < 1.29 is 34.4 Å². The molecule has 0 saturated carbocycles. The highest BCUT2D eigenvalue weighted by Gasteiger charge is 2.56. The Morgan fingerprint density at radius 1 is 1.00 bits per heavy atom. The van der Waals surface area contributed by atoms with E-state index in [0.717, 1.165) is 19.6 Å². The van der Waals surface area contributed by atoms with Gasteiger partial charge in [0, 0.05) is 37.8 Å². The first-order valence-electron chi connectivity index (χ1n) is 16.6. The minimum absolute atomic E-state index is 0.147. The molecule has 0 unspecified atom stereocenters. The second-order valence-corrected chi connectivity index (χ2v) is 13.0. The molecule has 2 saturated heterocycles. The van der Waals surface area contributed by atoms with Crippen LogP contribution in [0.4, 0.5) is 4.39 Å². The number of aromatic hydroxyl groups is 1. The van der Waals surface area contributed by atoms with E-state index in [-0.39, 0.29) is 30.7 Å². The highest BCUT2D eigenvalue weighted by atomic mass is 19.1. The summed E-state index contributed by atoms with van der Waals surface area (Å²) in [6.45, 7) is 1.46. The molecule has 3 heterocycles. The summed E-state index contributed by atoms with van der Waals surface area (Å²) in [5.74, 6) is -4.09. The Balaban J connectivity index is 1.18. The van der Waals surface area contributed by atoms with E-state index in [4.69, 9.17) is 0 Å². The lowest BCUT2D eigenvalue weighted by Crippen LogP contribution is -2.47. The third-order valence-electron chi connectivity index (χ3n) is 10.1. The molecule has 3 aliphatic rings. The molecule has 2 aliphatic heterocycles. The van der Waals surface area contributed by atoms with Crippen LogP contribution < -0.4 is 0 Å². The molecule has 2 fully saturated rings. The number of hydrogen-bond donors (Lipinski definition) is 4. The van der Waals surface area contributed by atoms with Gasteiger partial charge < -0.3 is 20.4 Å². The van der Waals surface area contributed by atoms with Crippen LogP contribution in [0.15, 0.2) is 84.1 Å². The minimum Gasteiger partial charge on any atom is -0.505 e. The number of carbonyl (C=O) groups is 2. The van der Waals surface area contributed by atoms with E-state index in [0.29, 0.717) is 47.2 Å². The number of carbonyl (C=O) groups excluding carboxylic acids is 2. The second kappa shape index (κ2) is 14.9. The maximum absolute atomic E-state index is 14.1. The highest BCUT2D eigenvalue weighted by molar-refractivity contribution is 6.06. The number of piperidine rings is 1. The number of aliphatic hydroxyl groups is 3. The number of nitrogens with zero attached hydrogens (tertiary/aromatic N) is 3. The van der Waals surface area contributed by atoms with Crippen LogP contribution in [-0.4, -0.2) is 85.5 Å². The molecule has 3 aromatic rings. The van der Waals surface area contributed by atoms with E-state index in [1.165, 1.54) is 22.6 Å². The smallest absolute Gasteiger partial charge is 0.234 e. The Kier molecular flexibility index (Phi) is 10.5. The van der Waals surface area contributed by atoms with Crippen molar-refractivity contribution in [2.75, 3.05) is 26.3 Å². The van der Waals surface area contributed by atoms with Crippen molar-refractivity contribution in [2.45, 2.75) is 50.8 Å². The van der Waals surface area contributed by atoms with Crippen molar-refractivity contribution in [1.82, 2.24) is 14.8 Å². The summed E-state index contributed by atoms with van der Waals surface area (Å²) in [5, 5.41) is 42.3. The lowest BCUT2D eigenvalue weighted by atomic mass is 9.68. The van der Waals surface area contributed by atoms with Crippen LogP contribution >= 0.6 is 0 Å². The van der Waals surface area contributed by atoms with E-state index in [1.54, 1.807) is 30.5 Å². The summed E-state index contributed by atoms with van der Waals surface area (Å²) in [4.78, 5) is 36.0. The molecule has 2 aromatic carbocycles. The van der Waals surface area contributed by atoms with E-state index in [9.17, 15) is 34.4 Å². The first-order chi connectivity index (χ1) is 23.3. The second-order valence-electron chi connectivity index (χ2n) is 13.0. The largest absolute Gasteiger partial charge is 0.505 e. The number of phenols is 1. The summed E-state index contributed by atoms with van der Waals surface area (Å²) >= 11 is 0. The van der Waals surface area contributed by atoms with Gasteiger partial charge in [0.15, 0.2) is 11.6 Å². The number of fused-ring (bicyclic) bond motifs is 1. The summed E-state index contributed by atoms with van der Waals surface area (Å²) in [6.07, 6.45) is 4.20. The Labute approximate surface area is 279 Å². The number of hydrogen-bond acceptors (Lipinski definition) is 8. The fourth-order valence-electron chi connectivity index (χ4n) is 7.76. The van der Waals surface area contributed by atoms with Crippen LogP contribution in [0.3, 0.4) is 0 Å². The SMILES string of the molecule is O=C1[C@@H]2[C@@H](CC(CO)=C([C@H](O)CC/C(=C/c3ccc(O)c(F)c3)c3ccccn3)[C@@H]2CO)C(=O)N1C1CCN(Cc2ccccc2)CC1. The number of halogens is 1. The maximum Gasteiger partial charge on any atom is 0.234 e. The number of benzene rings is 2. The highest BCUT2D eigenvalue weighted by Crippen LogP contribution is 2.47. The number of likely N-dealkylation sites (tertiary alicyclic amines) is 2. The van der Waals surface area contributed by atoms with Crippen LogP contribution in [0, 0.1) is 23.6 Å². The number of amides is 2. The molecule has 2 amide bonds. The number of phenolic OH excluding ortho intramolecular Hbond substituents is 1. The van der Waals surface area contributed by atoms with Crippen LogP contribution in [0.5, 0.6) is 5.75 Å². The Morgan fingerprint density at radius 3 is 2.42 bits per heavy atom. The molecule has 4 atom stereocenters. The fraction of sp³-hybridized carbons (Fsp3) is 0.395. The van der Waals surface area contributed by atoms with Crippen molar-refractivity contribution in [3.05, 3.63) is 107 Å².